The first-order valence-electron chi connectivity index (χ1n) is 8.64. The molecule has 1 unspecified atom stereocenters. The molecule has 0 saturated carbocycles. The average molecular weight is 307 g/mol. The highest BCUT2D eigenvalue weighted by molar-refractivity contribution is 5.65. The summed E-state index contributed by atoms with van der Waals surface area (Å²) in [5.41, 5.74) is 7.86. The molecule has 0 aliphatic carbocycles. The Morgan fingerprint density at radius 1 is 1.13 bits per heavy atom. The summed E-state index contributed by atoms with van der Waals surface area (Å²) in [6.45, 7) is 9.96. The van der Waals surface area contributed by atoms with Crippen molar-refractivity contribution in [2.24, 2.45) is 0 Å². The summed E-state index contributed by atoms with van der Waals surface area (Å²) < 4.78 is 0. The quantitative estimate of drug-likeness (QED) is 0.794. The maximum atomic E-state index is 4.75. The fraction of sp³-hybridized carbons (Fsp3) is 0.450. The van der Waals surface area contributed by atoms with E-state index >= 15 is 0 Å². The predicted molar refractivity (Wildman–Crippen MR) is 96.3 cm³/mol. The van der Waals surface area contributed by atoms with Crippen molar-refractivity contribution in [3.8, 4) is 0 Å². The molecule has 2 atom stereocenters. The van der Waals surface area contributed by atoms with Crippen LogP contribution in [0.2, 0.25) is 0 Å². The molecular weight excluding hydrogens is 282 g/mol. The summed E-state index contributed by atoms with van der Waals surface area (Å²) >= 11 is 0. The van der Waals surface area contributed by atoms with Crippen LogP contribution in [0.15, 0.2) is 30.3 Å². The van der Waals surface area contributed by atoms with E-state index in [0.29, 0.717) is 12.2 Å². The van der Waals surface area contributed by atoms with Gasteiger partial charge < -0.3 is 9.80 Å². The molecule has 0 amide bonds. The summed E-state index contributed by atoms with van der Waals surface area (Å²) in [4.78, 5) is 9.94. The summed E-state index contributed by atoms with van der Waals surface area (Å²) in [7, 11) is 0. The van der Waals surface area contributed by atoms with E-state index in [9.17, 15) is 0 Å². The number of rotatable bonds is 1. The zero-order valence-corrected chi connectivity index (χ0v) is 14.5. The summed E-state index contributed by atoms with van der Waals surface area (Å²) in [5.74, 6) is 0. The van der Waals surface area contributed by atoms with Gasteiger partial charge in [-0.15, -0.1) is 0 Å². The third-order valence-corrected chi connectivity index (χ3v) is 5.45. The summed E-state index contributed by atoms with van der Waals surface area (Å²) in [6.07, 6.45) is 2.72. The molecule has 0 radical (unpaired) electrons. The van der Waals surface area contributed by atoms with Crippen LogP contribution < -0.4 is 9.80 Å². The van der Waals surface area contributed by atoms with Crippen LogP contribution in [-0.2, 0) is 6.42 Å². The second-order valence-electron chi connectivity index (χ2n) is 7.02. The van der Waals surface area contributed by atoms with Crippen molar-refractivity contribution in [2.75, 3.05) is 16.3 Å². The first-order chi connectivity index (χ1) is 11.1. The second kappa shape index (κ2) is 5.26. The summed E-state index contributed by atoms with van der Waals surface area (Å²) in [5, 5.41) is 0. The van der Waals surface area contributed by atoms with Gasteiger partial charge >= 0.3 is 0 Å². The Bertz CT molecular complexity index is 727. The molecule has 3 nitrogen and oxygen atoms in total. The van der Waals surface area contributed by atoms with Crippen molar-refractivity contribution >= 4 is 11.4 Å². The van der Waals surface area contributed by atoms with Gasteiger partial charge in [-0.3, -0.25) is 4.98 Å². The molecule has 0 spiro atoms. The molecule has 0 N–H and O–H groups in total. The van der Waals surface area contributed by atoms with E-state index in [2.05, 4.69) is 67.8 Å². The Kier molecular flexibility index (Phi) is 3.33. The molecule has 3 heteroatoms. The first-order valence-corrected chi connectivity index (χ1v) is 8.64. The van der Waals surface area contributed by atoms with Crippen molar-refractivity contribution in [1.29, 1.82) is 0 Å². The monoisotopic (exact) mass is 307 g/mol. The Labute approximate surface area is 139 Å². The van der Waals surface area contributed by atoms with E-state index in [1.807, 2.05) is 0 Å². The van der Waals surface area contributed by atoms with Crippen molar-refractivity contribution in [3.63, 3.8) is 0 Å². The van der Waals surface area contributed by atoms with Gasteiger partial charge in [0.15, 0.2) is 0 Å². The molecule has 4 heterocycles. The number of para-hydroxylation sites is 1. The number of hydrogen-bond donors (Lipinski definition) is 0. The van der Waals surface area contributed by atoms with Crippen molar-refractivity contribution < 1.29 is 0 Å². The van der Waals surface area contributed by atoms with Crippen LogP contribution in [0, 0.1) is 20.8 Å². The molecule has 2 aromatic rings. The lowest BCUT2D eigenvalue weighted by Crippen LogP contribution is -2.56. The van der Waals surface area contributed by atoms with Gasteiger partial charge in [-0.05, 0) is 63.8 Å². The third kappa shape index (κ3) is 2.21. The minimum absolute atomic E-state index is 0.374. The highest BCUT2D eigenvalue weighted by Crippen LogP contribution is 2.40. The molecule has 1 aromatic heterocycles. The molecule has 1 saturated heterocycles. The van der Waals surface area contributed by atoms with Crippen LogP contribution in [0.5, 0.6) is 0 Å². The predicted octanol–water partition coefficient (Wildman–Crippen LogP) is 3.99. The molecule has 2 bridgehead atoms. The molecule has 23 heavy (non-hydrogen) atoms. The van der Waals surface area contributed by atoms with Crippen LogP contribution in [0.25, 0.3) is 0 Å². The van der Waals surface area contributed by atoms with Crippen LogP contribution in [-0.4, -0.2) is 23.7 Å². The lowest BCUT2D eigenvalue weighted by Gasteiger charge is -2.47. The lowest BCUT2D eigenvalue weighted by molar-refractivity contribution is 0.433. The average Bonchev–Trinajstić information content (AvgIpc) is 2.74. The minimum atomic E-state index is 0.374. The zero-order valence-electron chi connectivity index (χ0n) is 14.5. The zero-order chi connectivity index (χ0) is 16.1. The second-order valence-corrected chi connectivity index (χ2v) is 7.02. The van der Waals surface area contributed by atoms with Gasteiger partial charge in [-0.2, -0.15) is 0 Å². The van der Waals surface area contributed by atoms with Crippen LogP contribution in [0.3, 0.4) is 0 Å². The van der Waals surface area contributed by atoms with E-state index in [4.69, 9.17) is 4.98 Å². The maximum Gasteiger partial charge on any atom is 0.0990 e. The third-order valence-electron chi connectivity index (χ3n) is 5.45. The topological polar surface area (TPSA) is 19.4 Å². The van der Waals surface area contributed by atoms with Gasteiger partial charge in [0.25, 0.3) is 0 Å². The number of nitrogens with zero attached hydrogens (tertiary/aromatic N) is 3. The normalized spacial score (nSPS) is 23.0. The molecule has 3 aliphatic rings. The van der Waals surface area contributed by atoms with Crippen LogP contribution >= 0.6 is 0 Å². The highest BCUT2D eigenvalue weighted by Gasteiger charge is 2.38. The first kappa shape index (κ1) is 14.6. The van der Waals surface area contributed by atoms with Gasteiger partial charge in [0, 0.05) is 24.0 Å². The van der Waals surface area contributed by atoms with E-state index < -0.39 is 0 Å². The number of pyridine rings is 1. The van der Waals surface area contributed by atoms with Gasteiger partial charge in [0.1, 0.15) is 0 Å². The largest absolute Gasteiger partial charge is 0.351 e. The van der Waals surface area contributed by atoms with E-state index in [1.54, 1.807) is 0 Å². The van der Waals surface area contributed by atoms with Crippen molar-refractivity contribution in [1.82, 2.24) is 4.98 Å². The highest BCUT2D eigenvalue weighted by atomic mass is 15.4. The Balaban J connectivity index is 1.84. The van der Waals surface area contributed by atoms with E-state index in [1.165, 1.54) is 28.9 Å². The standard InChI is InChI=1S/C20H25N3/c1-13-11-14(2)21-15(3)20(13)23-16(4)22-10-9-18(23)12-17-7-5-6-8-19(17)22/h5-8,11,16,18H,9-10,12H2,1-4H3/t16-,18?/m0/s1. The molecule has 1 fully saturated rings. The number of hydrogen-bond acceptors (Lipinski definition) is 3. The number of aryl methyl sites for hydroxylation is 3. The number of anilines is 2. The van der Waals surface area contributed by atoms with Crippen molar-refractivity contribution in [2.45, 2.75) is 52.7 Å². The molecule has 3 aliphatic heterocycles. The van der Waals surface area contributed by atoms with Gasteiger partial charge in [0.2, 0.25) is 0 Å². The summed E-state index contributed by atoms with van der Waals surface area (Å²) in [6, 6.07) is 11.7. The number of benzene rings is 1. The van der Waals surface area contributed by atoms with Crippen LogP contribution in [0.4, 0.5) is 11.4 Å². The maximum absolute atomic E-state index is 4.75. The molecule has 120 valence electrons. The fourth-order valence-corrected chi connectivity index (χ4v) is 4.59. The van der Waals surface area contributed by atoms with Gasteiger partial charge in [0.05, 0.1) is 17.5 Å². The molecular formula is C20H25N3. The van der Waals surface area contributed by atoms with Gasteiger partial charge in [-0.1, -0.05) is 18.2 Å². The Morgan fingerprint density at radius 2 is 1.91 bits per heavy atom. The molecule has 5 rings (SSSR count). The van der Waals surface area contributed by atoms with Crippen molar-refractivity contribution in [3.05, 3.63) is 52.8 Å². The minimum Gasteiger partial charge on any atom is -0.351 e. The SMILES string of the molecule is Cc1cc(C)c(N2C3CCN(c4ccccc4C3)[C@@H]2C)c(C)n1. The fourth-order valence-electron chi connectivity index (χ4n) is 4.59. The lowest BCUT2D eigenvalue weighted by atomic mass is 9.99. The Morgan fingerprint density at radius 3 is 2.70 bits per heavy atom. The molecule has 1 aromatic carbocycles. The van der Waals surface area contributed by atoms with Crippen LogP contribution in [0.1, 0.15) is 35.9 Å². The number of fused-ring (bicyclic) bond motifs is 2. The van der Waals surface area contributed by atoms with E-state index in [-0.39, 0.29) is 0 Å². The van der Waals surface area contributed by atoms with E-state index in [0.717, 1.165) is 24.4 Å². The number of aromatic nitrogens is 1. The Hall–Kier alpha value is -2.03. The smallest absolute Gasteiger partial charge is 0.0990 e. The van der Waals surface area contributed by atoms with Gasteiger partial charge in [-0.25, -0.2) is 0 Å².